The number of rotatable bonds is 3. The lowest BCUT2D eigenvalue weighted by Gasteiger charge is -2.27. The molecule has 1 aromatic heterocycles. The average Bonchev–Trinajstić information content (AvgIpc) is 2.71. The SMILES string of the molecule is O=C(Cn1cnc2ccc(Br)cc2c1=O)N1CC=C(c2ccccc2)CC1. The molecule has 0 unspecified atom stereocenters. The zero-order chi connectivity index (χ0) is 18.8. The van der Waals surface area contributed by atoms with Crippen LogP contribution in [0.15, 0.2) is 70.2 Å². The van der Waals surface area contributed by atoms with Crippen molar-refractivity contribution in [3.8, 4) is 0 Å². The molecular formula is C21H18BrN3O2. The van der Waals surface area contributed by atoms with Gasteiger partial charge in [-0.3, -0.25) is 14.2 Å². The van der Waals surface area contributed by atoms with Crippen LogP contribution in [-0.4, -0.2) is 33.4 Å². The number of amides is 1. The van der Waals surface area contributed by atoms with Gasteiger partial charge in [0.1, 0.15) is 6.54 Å². The van der Waals surface area contributed by atoms with Crippen LogP contribution < -0.4 is 5.56 Å². The molecule has 3 aromatic rings. The Morgan fingerprint density at radius 2 is 1.96 bits per heavy atom. The van der Waals surface area contributed by atoms with Crippen molar-refractivity contribution in [2.45, 2.75) is 13.0 Å². The number of fused-ring (bicyclic) bond motifs is 1. The number of hydrogen-bond donors (Lipinski definition) is 0. The van der Waals surface area contributed by atoms with E-state index in [1.54, 1.807) is 17.0 Å². The number of carbonyl (C=O) groups excluding carboxylic acids is 1. The normalized spacial score (nSPS) is 14.3. The molecule has 0 fully saturated rings. The summed E-state index contributed by atoms with van der Waals surface area (Å²) in [7, 11) is 0. The van der Waals surface area contributed by atoms with Gasteiger partial charge in [-0.05, 0) is 35.8 Å². The highest BCUT2D eigenvalue weighted by Crippen LogP contribution is 2.22. The van der Waals surface area contributed by atoms with Crippen molar-refractivity contribution in [3.63, 3.8) is 0 Å². The second kappa shape index (κ2) is 7.48. The number of aromatic nitrogens is 2. The van der Waals surface area contributed by atoms with Crippen molar-refractivity contribution in [2.24, 2.45) is 0 Å². The molecule has 0 saturated carbocycles. The molecule has 0 atom stereocenters. The van der Waals surface area contributed by atoms with Crippen molar-refractivity contribution < 1.29 is 4.79 Å². The number of halogens is 1. The van der Waals surface area contributed by atoms with Crippen LogP contribution in [0, 0.1) is 0 Å². The van der Waals surface area contributed by atoms with Gasteiger partial charge < -0.3 is 4.90 Å². The topological polar surface area (TPSA) is 55.2 Å². The Morgan fingerprint density at radius 3 is 2.70 bits per heavy atom. The molecule has 2 heterocycles. The van der Waals surface area contributed by atoms with Crippen molar-refractivity contribution in [1.29, 1.82) is 0 Å². The Labute approximate surface area is 165 Å². The number of carbonyl (C=O) groups is 1. The molecule has 0 N–H and O–H groups in total. The Morgan fingerprint density at radius 1 is 1.15 bits per heavy atom. The van der Waals surface area contributed by atoms with Gasteiger partial charge in [-0.15, -0.1) is 0 Å². The zero-order valence-electron chi connectivity index (χ0n) is 14.6. The Hall–Kier alpha value is -2.73. The van der Waals surface area contributed by atoms with E-state index in [-0.39, 0.29) is 18.0 Å². The molecule has 5 nitrogen and oxygen atoms in total. The largest absolute Gasteiger partial charge is 0.337 e. The maximum absolute atomic E-state index is 12.7. The first-order chi connectivity index (χ1) is 13.1. The Balaban J connectivity index is 1.50. The van der Waals surface area contributed by atoms with E-state index < -0.39 is 0 Å². The third-order valence-corrected chi connectivity index (χ3v) is 5.29. The van der Waals surface area contributed by atoms with Gasteiger partial charge in [0.15, 0.2) is 0 Å². The summed E-state index contributed by atoms with van der Waals surface area (Å²) in [6.07, 6.45) is 4.36. The molecule has 0 radical (unpaired) electrons. The summed E-state index contributed by atoms with van der Waals surface area (Å²) >= 11 is 3.37. The summed E-state index contributed by atoms with van der Waals surface area (Å²) < 4.78 is 2.20. The van der Waals surface area contributed by atoms with Crippen molar-refractivity contribution in [3.05, 3.63) is 81.3 Å². The monoisotopic (exact) mass is 423 g/mol. The fraction of sp³-hybridized carbons (Fsp3) is 0.190. The van der Waals surface area contributed by atoms with E-state index in [1.807, 2.05) is 24.3 Å². The second-order valence-electron chi connectivity index (χ2n) is 6.52. The maximum atomic E-state index is 12.7. The van der Waals surface area contributed by atoms with Crippen LogP contribution in [0.4, 0.5) is 0 Å². The summed E-state index contributed by atoms with van der Waals surface area (Å²) in [5, 5.41) is 0.504. The quantitative estimate of drug-likeness (QED) is 0.647. The van der Waals surface area contributed by atoms with E-state index in [4.69, 9.17) is 0 Å². The molecule has 27 heavy (non-hydrogen) atoms. The summed E-state index contributed by atoms with van der Waals surface area (Å²) in [6.45, 7) is 1.22. The minimum atomic E-state index is -0.202. The van der Waals surface area contributed by atoms with E-state index in [1.165, 1.54) is 22.0 Å². The molecule has 0 saturated heterocycles. The van der Waals surface area contributed by atoms with Gasteiger partial charge in [0.25, 0.3) is 5.56 Å². The number of benzene rings is 2. The van der Waals surface area contributed by atoms with Crippen molar-refractivity contribution >= 4 is 38.3 Å². The van der Waals surface area contributed by atoms with E-state index in [0.717, 1.165) is 10.9 Å². The van der Waals surface area contributed by atoms with Crippen LogP contribution in [0.1, 0.15) is 12.0 Å². The molecule has 1 aliphatic heterocycles. The van der Waals surface area contributed by atoms with E-state index in [2.05, 4.69) is 39.1 Å². The molecule has 1 aliphatic rings. The summed E-state index contributed by atoms with van der Waals surface area (Å²) in [5.41, 5.74) is 2.88. The maximum Gasteiger partial charge on any atom is 0.261 e. The Bertz CT molecular complexity index is 1090. The summed E-state index contributed by atoms with van der Waals surface area (Å²) in [4.78, 5) is 31.4. The minimum Gasteiger partial charge on any atom is -0.337 e. The second-order valence-corrected chi connectivity index (χ2v) is 7.44. The molecule has 1 amide bonds. The van der Waals surface area contributed by atoms with Gasteiger partial charge in [-0.25, -0.2) is 4.98 Å². The van der Waals surface area contributed by atoms with Gasteiger partial charge in [0, 0.05) is 17.6 Å². The van der Waals surface area contributed by atoms with Gasteiger partial charge in [-0.2, -0.15) is 0 Å². The van der Waals surface area contributed by atoms with Crippen molar-refractivity contribution in [1.82, 2.24) is 14.5 Å². The average molecular weight is 424 g/mol. The van der Waals surface area contributed by atoms with Crippen LogP contribution in [-0.2, 0) is 11.3 Å². The lowest BCUT2D eigenvalue weighted by molar-refractivity contribution is -0.131. The highest BCUT2D eigenvalue weighted by atomic mass is 79.9. The standard InChI is InChI=1S/C21H18BrN3O2/c22-17-6-7-19-18(12-17)21(27)25(14-23-19)13-20(26)24-10-8-16(9-11-24)15-4-2-1-3-5-15/h1-8,12,14H,9-11,13H2. The third-order valence-electron chi connectivity index (χ3n) is 4.80. The van der Waals surface area contributed by atoms with Crippen LogP contribution in [0.3, 0.4) is 0 Å². The van der Waals surface area contributed by atoms with Gasteiger partial charge in [0.05, 0.1) is 17.2 Å². The first kappa shape index (κ1) is 17.7. The van der Waals surface area contributed by atoms with Gasteiger partial charge >= 0.3 is 0 Å². The summed E-state index contributed by atoms with van der Waals surface area (Å²) in [6, 6.07) is 15.6. The summed E-state index contributed by atoms with van der Waals surface area (Å²) in [5.74, 6) is -0.0726. The minimum absolute atomic E-state index is 0.00277. The first-order valence-electron chi connectivity index (χ1n) is 8.79. The molecule has 0 aliphatic carbocycles. The molecule has 2 aromatic carbocycles. The lowest BCUT2D eigenvalue weighted by atomic mass is 9.99. The lowest BCUT2D eigenvalue weighted by Crippen LogP contribution is -2.39. The van der Waals surface area contributed by atoms with Crippen molar-refractivity contribution in [2.75, 3.05) is 13.1 Å². The fourth-order valence-corrected chi connectivity index (χ4v) is 3.66. The van der Waals surface area contributed by atoms with Crippen LogP contribution in [0.25, 0.3) is 16.5 Å². The van der Waals surface area contributed by atoms with Gasteiger partial charge in [0.2, 0.25) is 5.91 Å². The molecule has 4 rings (SSSR count). The number of nitrogens with zero attached hydrogens (tertiary/aromatic N) is 3. The van der Waals surface area contributed by atoms with Gasteiger partial charge in [-0.1, -0.05) is 52.3 Å². The zero-order valence-corrected chi connectivity index (χ0v) is 16.2. The predicted molar refractivity (Wildman–Crippen MR) is 109 cm³/mol. The van der Waals surface area contributed by atoms with Crippen LogP contribution >= 0.6 is 15.9 Å². The molecular weight excluding hydrogens is 406 g/mol. The van der Waals surface area contributed by atoms with E-state index in [9.17, 15) is 9.59 Å². The van der Waals surface area contributed by atoms with Crippen LogP contribution in [0.5, 0.6) is 0 Å². The molecule has 0 spiro atoms. The highest BCUT2D eigenvalue weighted by molar-refractivity contribution is 9.10. The van der Waals surface area contributed by atoms with E-state index >= 15 is 0 Å². The van der Waals surface area contributed by atoms with Crippen LogP contribution in [0.2, 0.25) is 0 Å². The first-order valence-corrected chi connectivity index (χ1v) is 9.58. The smallest absolute Gasteiger partial charge is 0.261 e. The fourth-order valence-electron chi connectivity index (χ4n) is 3.30. The number of hydrogen-bond acceptors (Lipinski definition) is 3. The molecule has 6 heteroatoms. The Kier molecular flexibility index (Phi) is 4.90. The predicted octanol–water partition coefficient (Wildman–Crippen LogP) is 3.47. The highest BCUT2D eigenvalue weighted by Gasteiger charge is 2.19. The third kappa shape index (κ3) is 3.71. The van der Waals surface area contributed by atoms with E-state index in [0.29, 0.717) is 24.0 Å². The molecule has 0 bridgehead atoms. The molecule has 136 valence electrons.